The van der Waals surface area contributed by atoms with E-state index in [1.54, 1.807) is 0 Å². The first-order valence-electron chi connectivity index (χ1n) is 5.46. The number of fused-ring (bicyclic) bond motifs is 1. The van der Waals surface area contributed by atoms with E-state index in [0.29, 0.717) is 0 Å². The van der Waals surface area contributed by atoms with E-state index in [4.69, 9.17) is 5.73 Å². The Balaban J connectivity index is 2.66. The van der Waals surface area contributed by atoms with Crippen molar-refractivity contribution >= 4 is 0 Å². The Kier molecular flexibility index (Phi) is 2.36. The van der Waals surface area contributed by atoms with Gasteiger partial charge in [0.15, 0.2) is 0 Å². The van der Waals surface area contributed by atoms with Gasteiger partial charge in [0, 0.05) is 6.04 Å². The summed E-state index contributed by atoms with van der Waals surface area (Å²) in [6.07, 6.45) is 3.62. The van der Waals surface area contributed by atoms with Gasteiger partial charge in [-0.05, 0) is 67.9 Å². The van der Waals surface area contributed by atoms with Crippen molar-refractivity contribution in [2.75, 3.05) is 0 Å². The molecule has 1 unspecified atom stereocenters. The van der Waals surface area contributed by atoms with Crippen LogP contribution in [0.25, 0.3) is 0 Å². The molecule has 2 N–H and O–H groups in total. The van der Waals surface area contributed by atoms with Crippen LogP contribution in [0.1, 0.15) is 46.7 Å². The maximum Gasteiger partial charge on any atom is 0.0300 e. The molecule has 2 rings (SSSR count). The quantitative estimate of drug-likeness (QED) is 0.667. The number of nitrogens with two attached hydrogens (primary N) is 1. The molecule has 0 bridgehead atoms. The molecule has 0 spiro atoms. The minimum atomic E-state index is 0.276. The standard InChI is InChI=1S/C13H19N/c1-8-7-9(2)13-11(10(8)3)5-4-6-12(13)14/h7,12H,4-6,14H2,1-3H3. The van der Waals surface area contributed by atoms with Gasteiger partial charge < -0.3 is 5.73 Å². The molecule has 0 amide bonds. The first kappa shape index (κ1) is 9.72. The molecule has 0 aromatic heterocycles. The molecule has 0 aliphatic heterocycles. The lowest BCUT2D eigenvalue weighted by atomic mass is 9.81. The van der Waals surface area contributed by atoms with Gasteiger partial charge in [-0.2, -0.15) is 0 Å². The van der Waals surface area contributed by atoms with E-state index in [2.05, 4.69) is 26.8 Å². The fourth-order valence-corrected chi connectivity index (χ4v) is 2.67. The Morgan fingerprint density at radius 1 is 1.21 bits per heavy atom. The highest BCUT2D eigenvalue weighted by Crippen LogP contribution is 2.33. The third kappa shape index (κ3) is 1.36. The predicted molar refractivity (Wildman–Crippen MR) is 60.5 cm³/mol. The van der Waals surface area contributed by atoms with Crippen LogP contribution in [0.5, 0.6) is 0 Å². The second-order valence-electron chi connectivity index (χ2n) is 4.53. The average molecular weight is 189 g/mol. The Morgan fingerprint density at radius 3 is 2.64 bits per heavy atom. The van der Waals surface area contributed by atoms with Crippen LogP contribution in [0.4, 0.5) is 0 Å². The van der Waals surface area contributed by atoms with Crippen molar-refractivity contribution in [3.05, 3.63) is 33.9 Å². The van der Waals surface area contributed by atoms with E-state index in [0.717, 1.165) is 6.42 Å². The first-order valence-corrected chi connectivity index (χ1v) is 5.46. The van der Waals surface area contributed by atoms with Gasteiger partial charge in [-0.3, -0.25) is 0 Å². The smallest absolute Gasteiger partial charge is 0.0300 e. The number of aryl methyl sites for hydroxylation is 2. The number of hydrogen-bond donors (Lipinski definition) is 1. The summed E-state index contributed by atoms with van der Waals surface area (Å²) in [7, 11) is 0. The number of hydrogen-bond acceptors (Lipinski definition) is 1. The highest BCUT2D eigenvalue weighted by molar-refractivity contribution is 5.47. The summed E-state index contributed by atoms with van der Waals surface area (Å²) in [6.45, 7) is 6.62. The molecule has 0 radical (unpaired) electrons. The van der Waals surface area contributed by atoms with Gasteiger partial charge in [-0.25, -0.2) is 0 Å². The predicted octanol–water partition coefficient (Wildman–Crippen LogP) is 2.95. The van der Waals surface area contributed by atoms with Crippen LogP contribution in [0.2, 0.25) is 0 Å². The van der Waals surface area contributed by atoms with E-state index in [9.17, 15) is 0 Å². The van der Waals surface area contributed by atoms with Crippen molar-refractivity contribution in [1.29, 1.82) is 0 Å². The zero-order chi connectivity index (χ0) is 10.3. The highest BCUT2D eigenvalue weighted by Gasteiger charge is 2.20. The van der Waals surface area contributed by atoms with Crippen molar-refractivity contribution < 1.29 is 0 Å². The van der Waals surface area contributed by atoms with Gasteiger partial charge in [-0.15, -0.1) is 0 Å². The lowest BCUT2D eigenvalue weighted by Crippen LogP contribution is -2.20. The van der Waals surface area contributed by atoms with Crippen molar-refractivity contribution in [3.63, 3.8) is 0 Å². The van der Waals surface area contributed by atoms with Crippen molar-refractivity contribution in [2.24, 2.45) is 5.73 Å². The van der Waals surface area contributed by atoms with Crippen LogP contribution < -0.4 is 5.73 Å². The normalized spacial score (nSPS) is 20.7. The molecule has 0 fully saturated rings. The van der Waals surface area contributed by atoms with Crippen molar-refractivity contribution in [2.45, 2.75) is 46.1 Å². The third-order valence-electron chi connectivity index (χ3n) is 3.54. The van der Waals surface area contributed by atoms with Gasteiger partial charge in [0.2, 0.25) is 0 Å². The summed E-state index contributed by atoms with van der Waals surface area (Å²) >= 11 is 0. The molecule has 1 aromatic rings. The maximum absolute atomic E-state index is 6.17. The molecule has 1 aromatic carbocycles. The first-order chi connectivity index (χ1) is 6.61. The lowest BCUT2D eigenvalue weighted by molar-refractivity contribution is 0.565. The zero-order valence-electron chi connectivity index (χ0n) is 9.35. The molecule has 1 aliphatic carbocycles. The van der Waals surface area contributed by atoms with E-state index < -0.39 is 0 Å². The summed E-state index contributed by atoms with van der Waals surface area (Å²) in [5, 5.41) is 0. The third-order valence-corrected chi connectivity index (χ3v) is 3.54. The SMILES string of the molecule is Cc1cc(C)c2c(c1C)CCCC2N. The molecule has 1 atom stereocenters. The molecule has 0 saturated carbocycles. The van der Waals surface area contributed by atoms with Crippen LogP contribution in [0, 0.1) is 20.8 Å². The summed E-state index contributed by atoms with van der Waals surface area (Å²) in [5.74, 6) is 0. The minimum absolute atomic E-state index is 0.276. The van der Waals surface area contributed by atoms with E-state index in [-0.39, 0.29) is 6.04 Å². The topological polar surface area (TPSA) is 26.0 Å². The maximum atomic E-state index is 6.17. The molecule has 1 heteroatoms. The van der Waals surface area contributed by atoms with Gasteiger partial charge in [0.25, 0.3) is 0 Å². The Morgan fingerprint density at radius 2 is 1.93 bits per heavy atom. The Labute approximate surface area is 86.3 Å². The minimum Gasteiger partial charge on any atom is -0.324 e. The van der Waals surface area contributed by atoms with Crippen LogP contribution in [0.3, 0.4) is 0 Å². The van der Waals surface area contributed by atoms with Crippen molar-refractivity contribution in [1.82, 2.24) is 0 Å². The number of benzene rings is 1. The average Bonchev–Trinajstić information content (AvgIpc) is 2.14. The van der Waals surface area contributed by atoms with Gasteiger partial charge in [-0.1, -0.05) is 6.07 Å². The summed E-state index contributed by atoms with van der Waals surface area (Å²) < 4.78 is 0. The van der Waals surface area contributed by atoms with Crippen molar-refractivity contribution in [3.8, 4) is 0 Å². The second-order valence-corrected chi connectivity index (χ2v) is 4.53. The fraction of sp³-hybridized carbons (Fsp3) is 0.538. The fourth-order valence-electron chi connectivity index (χ4n) is 2.67. The van der Waals surface area contributed by atoms with Crippen LogP contribution in [-0.2, 0) is 6.42 Å². The Bertz CT molecular complexity index is 366. The molecular formula is C13H19N. The highest BCUT2D eigenvalue weighted by atomic mass is 14.6. The molecular weight excluding hydrogens is 170 g/mol. The second kappa shape index (κ2) is 3.39. The molecule has 1 nitrogen and oxygen atoms in total. The zero-order valence-corrected chi connectivity index (χ0v) is 9.35. The lowest BCUT2D eigenvalue weighted by Gasteiger charge is -2.27. The summed E-state index contributed by atoms with van der Waals surface area (Å²) in [5.41, 5.74) is 13.4. The molecule has 1 aliphatic rings. The number of rotatable bonds is 0. The molecule has 0 heterocycles. The van der Waals surface area contributed by atoms with Crippen LogP contribution in [0.15, 0.2) is 6.07 Å². The molecule has 76 valence electrons. The van der Waals surface area contributed by atoms with Crippen LogP contribution in [-0.4, -0.2) is 0 Å². The summed E-state index contributed by atoms with van der Waals surface area (Å²) in [6, 6.07) is 2.55. The van der Waals surface area contributed by atoms with Crippen LogP contribution >= 0.6 is 0 Å². The molecule has 0 saturated heterocycles. The van der Waals surface area contributed by atoms with Gasteiger partial charge in [0.1, 0.15) is 0 Å². The summed E-state index contributed by atoms with van der Waals surface area (Å²) in [4.78, 5) is 0. The monoisotopic (exact) mass is 189 g/mol. The van der Waals surface area contributed by atoms with Gasteiger partial charge in [0.05, 0.1) is 0 Å². The van der Waals surface area contributed by atoms with Gasteiger partial charge >= 0.3 is 0 Å². The Hall–Kier alpha value is -0.820. The van der Waals surface area contributed by atoms with E-state index >= 15 is 0 Å². The van der Waals surface area contributed by atoms with E-state index in [1.807, 2.05) is 0 Å². The largest absolute Gasteiger partial charge is 0.324 e. The van der Waals surface area contributed by atoms with E-state index in [1.165, 1.54) is 40.7 Å². The molecule has 14 heavy (non-hydrogen) atoms.